The Morgan fingerprint density at radius 2 is 2.20 bits per heavy atom. The molecule has 0 amide bonds. The topological polar surface area (TPSA) is 64.3 Å². The third-order valence-electron chi connectivity index (χ3n) is 4.12. The Labute approximate surface area is 150 Å². The van der Waals surface area contributed by atoms with E-state index < -0.39 is 0 Å². The fourth-order valence-electron chi connectivity index (χ4n) is 2.66. The molecule has 0 unspecified atom stereocenters. The van der Waals surface area contributed by atoms with Gasteiger partial charge < -0.3 is 9.26 Å². The lowest BCUT2D eigenvalue weighted by atomic mass is 10.2. The summed E-state index contributed by atoms with van der Waals surface area (Å²) in [6, 6.07) is 7.97. The lowest BCUT2D eigenvalue weighted by Gasteiger charge is -2.12. The van der Waals surface area contributed by atoms with Crippen molar-refractivity contribution in [2.45, 2.75) is 31.8 Å². The molecule has 1 aliphatic rings. The van der Waals surface area contributed by atoms with Gasteiger partial charge in [-0.25, -0.2) is 4.98 Å². The minimum Gasteiger partial charge on any atom is -0.497 e. The average Bonchev–Trinajstić information content (AvgIpc) is 3.20. The van der Waals surface area contributed by atoms with Gasteiger partial charge in [0.25, 0.3) is 0 Å². The molecule has 1 aromatic carbocycles. The lowest BCUT2D eigenvalue weighted by Crippen LogP contribution is -2.17. The highest BCUT2D eigenvalue weighted by atomic mass is 32.1. The van der Waals surface area contributed by atoms with Crippen LogP contribution in [-0.4, -0.2) is 34.2 Å². The summed E-state index contributed by atoms with van der Waals surface area (Å²) in [6.45, 7) is 1.47. The van der Waals surface area contributed by atoms with Crippen LogP contribution in [-0.2, 0) is 13.1 Å². The molecular weight excluding hydrogens is 336 g/mol. The van der Waals surface area contributed by atoms with Crippen LogP contribution >= 0.6 is 11.3 Å². The summed E-state index contributed by atoms with van der Waals surface area (Å²) >= 11 is 1.69. The molecule has 0 N–H and O–H groups in total. The molecule has 3 aromatic rings. The van der Waals surface area contributed by atoms with Crippen molar-refractivity contribution in [1.29, 1.82) is 0 Å². The van der Waals surface area contributed by atoms with Gasteiger partial charge in [-0.1, -0.05) is 17.3 Å². The number of rotatable bonds is 7. The van der Waals surface area contributed by atoms with E-state index in [9.17, 15) is 0 Å². The van der Waals surface area contributed by atoms with Crippen LogP contribution in [0.15, 0.2) is 35.0 Å². The molecule has 0 radical (unpaired) electrons. The van der Waals surface area contributed by atoms with Gasteiger partial charge in [-0.15, -0.1) is 11.3 Å². The van der Waals surface area contributed by atoms with E-state index in [1.54, 1.807) is 18.4 Å². The summed E-state index contributed by atoms with van der Waals surface area (Å²) in [4.78, 5) is 12.4. The van der Waals surface area contributed by atoms with Gasteiger partial charge >= 0.3 is 0 Å². The first kappa shape index (κ1) is 16.2. The van der Waals surface area contributed by atoms with Crippen LogP contribution in [0, 0.1) is 0 Å². The second-order valence-electron chi connectivity index (χ2n) is 6.36. The van der Waals surface area contributed by atoms with Crippen molar-refractivity contribution in [1.82, 2.24) is 20.0 Å². The van der Waals surface area contributed by atoms with E-state index in [2.05, 4.69) is 27.1 Å². The summed E-state index contributed by atoms with van der Waals surface area (Å²) in [5, 5.41) is 5.08. The molecule has 0 atom stereocenters. The second kappa shape index (κ2) is 6.93. The molecule has 1 aliphatic carbocycles. The molecule has 6 nitrogen and oxygen atoms in total. The van der Waals surface area contributed by atoms with Crippen molar-refractivity contribution in [2.75, 3.05) is 14.2 Å². The molecule has 0 saturated heterocycles. The number of aromatic nitrogens is 3. The van der Waals surface area contributed by atoms with Crippen molar-refractivity contribution in [3.05, 3.63) is 47.1 Å². The molecule has 7 heteroatoms. The van der Waals surface area contributed by atoms with Crippen LogP contribution in [0.25, 0.3) is 10.6 Å². The van der Waals surface area contributed by atoms with Gasteiger partial charge in [0.1, 0.15) is 10.8 Å². The monoisotopic (exact) mass is 356 g/mol. The highest BCUT2D eigenvalue weighted by Crippen LogP contribution is 2.38. The van der Waals surface area contributed by atoms with Gasteiger partial charge in [0.15, 0.2) is 5.82 Å². The van der Waals surface area contributed by atoms with Crippen molar-refractivity contribution in [2.24, 2.45) is 0 Å². The number of methoxy groups -OCH3 is 1. The minimum absolute atomic E-state index is 0.499. The van der Waals surface area contributed by atoms with E-state index >= 15 is 0 Å². The van der Waals surface area contributed by atoms with E-state index in [0.29, 0.717) is 12.5 Å². The molecular formula is C18H20N4O2S. The van der Waals surface area contributed by atoms with Crippen molar-refractivity contribution >= 4 is 11.3 Å². The summed E-state index contributed by atoms with van der Waals surface area (Å²) in [7, 11) is 3.73. The van der Waals surface area contributed by atoms with Gasteiger partial charge in [0.2, 0.25) is 5.89 Å². The maximum absolute atomic E-state index is 5.31. The summed E-state index contributed by atoms with van der Waals surface area (Å²) in [6.07, 6.45) is 4.28. The molecule has 1 fully saturated rings. The first-order valence-corrected chi connectivity index (χ1v) is 9.13. The molecule has 2 heterocycles. The predicted octanol–water partition coefficient (Wildman–Crippen LogP) is 3.71. The Hall–Kier alpha value is -2.25. The maximum atomic E-state index is 5.31. The fraction of sp³-hybridized carbons (Fsp3) is 0.389. The van der Waals surface area contributed by atoms with Gasteiger partial charge in [0.05, 0.1) is 13.7 Å². The Balaban J connectivity index is 1.39. The number of nitrogens with zero attached hydrogens (tertiary/aromatic N) is 4. The van der Waals surface area contributed by atoms with Crippen LogP contribution in [0.1, 0.15) is 35.4 Å². The third kappa shape index (κ3) is 3.88. The number of hydrogen-bond acceptors (Lipinski definition) is 7. The quantitative estimate of drug-likeness (QED) is 0.643. The Morgan fingerprint density at radius 3 is 3.00 bits per heavy atom. The van der Waals surface area contributed by atoms with Crippen LogP contribution in [0.4, 0.5) is 0 Å². The number of thiazole rings is 1. The van der Waals surface area contributed by atoms with Gasteiger partial charge in [0, 0.05) is 29.1 Å². The van der Waals surface area contributed by atoms with Gasteiger partial charge in [-0.2, -0.15) is 4.98 Å². The molecule has 2 aromatic heterocycles. The van der Waals surface area contributed by atoms with Crippen LogP contribution in [0.3, 0.4) is 0 Å². The Morgan fingerprint density at radius 1 is 1.32 bits per heavy atom. The Bertz CT molecular complexity index is 856. The number of benzene rings is 1. The van der Waals surface area contributed by atoms with Crippen molar-refractivity contribution in [3.63, 3.8) is 0 Å². The van der Waals surface area contributed by atoms with E-state index in [0.717, 1.165) is 34.6 Å². The van der Waals surface area contributed by atoms with E-state index in [1.165, 1.54) is 17.7 Å². The molecule has 1 saturated carbocycles. The Kier molecular flexibility index (Phi) is 4.50. The first-order valence-electron chi connectivity index (χ1n) is 8.31. The molecule has 25 heavy (non-hydrogen) atoms. The molecule has 4 rings (SSSR count). The summed E-state index contributed by atoms with van der Waals surface area (Å²) in [5.41, 5.74) is 1.07. The maximum Gasteiger partial charge on any atom is 0.229 e. The second-order valence-corrected chi connectivity index (χ2v) is 7.47. The third-order valence-corrected chi connectivity index (χ3v) is 5.15. The number of ether oxygens (including phenoxy) is 1. The smallest absolute Gasteiger partial charge is 0.229 e. The van der Waals surface area contributed by atoms with E-state index in [1.807, 2.05) is 30.5 Å². The van der Waals surface area contributed by atoms with Crippen molar-refractivity contribution in [3.8, 4) is 16.3 Å². The van der Waals surface area contributed by atoms with Crippen molar-refractivity contribution < 1.29 is 9.26 Å². The first-order chi connectivity index (χ1) is 12.2. The van der Waals surface area contributed by atoms with E-state index in [4.69, 9.17) is 9.26 Å². The molecule has 0 spiro atoms. The average molecular weight is 356 g/mol. The van der Waals surface area contributed by atoms with Crippen LogP contribution < -0.4 is 4.74 Å². The highest BCUT2D eigenvalue weighted by molar-refractivity contribution is 7.15. The highest BCUT2D eigenvalue weighted by Gasteiger charge is 2.29. The minimum atomic E-state index is 0.499. The predicted molar refractivity (Wildman–Crippen MR) is 95.5 cm³/mol. The van der Waals surface area contributed by atoms with Gasteiger partial charge in [-0.05, 0) is 32.0 Å². The van der Waals surface area contributed by atoms with E-state index in [-0.39, 0.29) is 0 Å². The van der Waals surface area contributed by atoms with Gasteiger partial charge in [-0.3, -0.25) is 4.90 Å². The SMILES string of the molecule is COc1cccc(-c2ncc(CN(C)Cc3noc(C4CC4)n3)s2)c1. The zero-order valence-corrected chi connectivity index (χ0v) is 15.1. The normalized spacial score (nSPS) is 14.2. The van der Waals surface area contributed by atoms with Crippen LogP contribution in [0.2, 0.25) is 0 Å². The fourth-order valence-corrected chi connectivity index (χ4v) is 3.65. The number of hydrogen-bond donors (Lipinski definition) is 0. The lowest BCUT2D eigenvalue weighted by molar-refractivity contribution is 0.302. The zero-order chi connectivity index (χ0) is 17.2. The summed E-state index contributed by atoms with van der Waals surface area (Å²) < 4.78 is 10.6. The van der Waals surface area contributed by atoms with Crippen LogP contribution in [0.5, 0.6) is 5.75 Å². The molecule has 0 bridgehead atoms. The standard InChI is InChI=1S/C18H20N4O2S/c1-22(11-16-20-17(24-21-16)12-6-7-12)10-15-9-19-18(25-15)13-4-3-5-14(8-13)23-2/h3-5,8-9,12H,6-7,10-11H2,1-2H3. The summed E-state index contributed by atoms with van der Waals surface area (Å²) in [5.74, 6) is 2.89. The molecule has 130 valence electrons. The zero-order valence-electron chi connectivity index (χ0n) is 14.3. The largest absolute Gasteiger partial charge is 0.497 e. The molecule has 0 aliphatic heterocycles.